The minimum absolute atomic E-state index is 0.112. The second kappa shape index (κ2) is 6.02. The number of fused-ring (bicyclic) bond motifs is 6. The average Bonchev–Trinajstić information content (AvgIpc) is 3.15. The second-order valence-electron chi connectivity index (χ2n) is 8.38. The molecule has 142 valence electrons. The normalized spacial score (nSPS) is 41.0. The molecule has 3 heterocycles. The zero-order valence-electron chi connectivity index (χ0n) is 15.6. The number of benzene rings is 1. The maximum atomic E-state index is 12.7. The molecule has 4 fully saturated rings. The van der Waals surface area contributed by atoms with E-state index >= 15 is 0 Å². The molecule has 1 saturated carbocycles. The van der Waals surface area contributed by atoms with Crippen LogP contribution < -0.4 is 4.46 Å². The van der Waals surface area contributed by atoms with Crippen LogP contribution in [0.2, 0.25) is 4.31 Å². The Kier molecular flexibility index (Phi) is 3.93. The fourth-order valence-electron chi connectivity index (χ4n) is 5.33. The van der Waals surface area contributed by atoms with E-state index < -0.39 is 12.0 Å². The van der Waals surface area contributed by atoms with Crippen LogP contribution in [-0.4, -0.2) is 62.0 Å². The molecule has 5 nitrogen and oxygen atoms in total. The third-order valence-corrected chi connectivity index (χ3v) is 9.92. The Labute approximate surface area is 165 Å². The van der Waals surface area contributed by atoms with Crippen molar-refractivity contribution >= 4 is 31.2 Å². The van der Waals surface area contributed by atoms with Crippen molar-refractivity contribution in [3.8, 4) is 0 Å². The van der Waals surface area contributed by atoms with Crippen LogP contribution in [0.1, 0.15) is 26.2 Å². The predicted molar refractivity (Wildman–Crippen MR) is 102 cm³/mol. The van der Waals surface area contributed by atoms with Gasteiger partial charge in [-0.2, -0.15) is 0 Å². The molecule has 2 bridgehead atoms. The molecule has 4 aliphatic rings. The molecule has 0 unspecified atom stereocenters. The van der Waals surface area contributed by atoms with E-state index in [1.807, 2.05) is 5.06 Å². The number of piperidine rings is 1. The fraction of sp³-hybridized carbons (Fsp3) is 0.524. The minimum atomic E-state index is -0.669. The first-order valence-corrected chi connectivity index (χ1v) is 11.3. The number of hydrogen-bond acceptors (Lipinski definition) is 4. The summed E-state index contributed by atoms with van der Waals surface area (Å²) in [6.45, 7) is 6.72. The van der Waals surface area contributed by atoms with Gasteiger partial charge in [0.05, 0.1) is 0 Å². The molecule has 27 heavy (non-hydrogen) atoms. The van der Waals surface area contributed by atoms with Crippen molar-refractivity contribution in [3.63, 3.8) is 0 Å². The van der Waals surface area contributed by atoms with E-state index in [0.717, 1.165) is 24.8 Å². The van der Waals surface area contributed by atoms with E-state index in [0.29, 0.717) is 20.9 Å². The van der Waals surface area contributed by atoms with Gasteiger partial charge in [-0.05, 0) is 0 Å². The maximum absolute atomic E-state index is 12.7. The van der Waals surface area contributed by atoms with Crippen molar-refractivity contribution in [3.05, 3.63) is 42.5 Å². The molecule has 2 amide bonds. The van der Waals surface area contributed by atoms with Crippen LogP contribution in [0.15, 0.2) is 42.5 Å². The molecular formula is C21H24N2O3Se. The van der Waals surface area contributed by atoms with Gasteiger partial charge in [-0.3, -0.25) is 0 Å². The molecular weight excluding hydrogens is 407 g/mol. The van der Waals surface area contributed by atoms with Gasteiger partial charge in [0.25, 0.3) is 0 Å². The number of rotatable bonds is 2. The van der Waals surface area contributed by atoms with Gasteiger partial charge >= 0.3 is 166 Å². The summed E-state index contributed by atoms with van der Waals surface area (Å²) < 4.78 is 1.50. The second-order valence-corrected chi connectivity index (χ2v) is 11.8. The Morgan fingerprint density at radius 1 is 1.22 bits per heavy atom. The van der Waals surface area contributed by atoms with Crippen molar-refractivity contribution in [2.75, 3.05) is 7.05 Å². The molecule has 0 spiro atoms. The third-order valence-electron chi connectivity index (χ3n) is 6.87. The van der Waals surface area contributed by atoms with Crippen LogP contribution in [0.25, 0.3) is 0 Å². The molecule has 0 N–H and O–H groups in total. The first-order chi connectivity index (χ1) is 12.9. The molecule has 3 saturated heterocycles. The van der Waals surface area contributed by atoms with E-state index in [9.17, 15) is 9.59 Å². The summed E-state index contributed by atoms with van der Waals surface area (Å²) >= 11 is 0.291. The van der Waals surface area contributed by atoms with E-state index in [-0.39, 0.29) is 28.2 Å². The zero-order valence-corrected chi connectivity index (χ0v) is 17.3. The number of carbonyl (C=O) groups is 2. The van der Waals surface area contributed by atoms with Gasteiger partial charge in [0.2, 0.25) is 0 Å². The van der Waals surface area contributed by atoms with Crippen LogP contribution in [0.3, 0.4) is 0 Å². The molecule has 6 heteroatoms. The summed E-state index contributed by atoms with van der Waals surface area (Å²) in [6.07, 6.45) is 2.58. The number of nitrogens with zero attached hydrogens (tertiary/aromatic N) is 2. The van der Waals surface area contributed by atoms with Crippen molar-refractivity contribution in [2.24, 2.45) is 11.8 Å². The molecule has 3 aliphatic heterocycles. The predicted octanol–water partition coefficient (Wildman–Crippen LogP) is 1.53. The molecule has 0 radical (unpaired) electrons. The molecule has 5 rings (SSSR count). The van der Waals surface area contributed by atoms with Crippen LogP contribution >= 0.6 is 0 Å². The van der Waals surface area contributed by atoms with Crippen molar-refractivity contribution in [2.45, 2.75) is 48.7 Å². The molecule has 1 aromatic carbocycles. The van der Waals surface area contributed by atoms with Gasteiger partial charge in [-0.1, -0.05) is 0 Å². The van der Waals surface area contributed by atoms with E-state index in [2.05, 4.69) is 43.8 Å². The average molecular weight is 431 g/mol. The zero-order chi connectivity index (χ0) is 18.9. The molecule has 0 aromatic heterocycles. The Bertz CT molecular complexity index is 828. The number of carbonyl (C=O) groups excluding carboxylic acids is 2. The van der Waals surface area contributed by atoms with Crippen LogP contribution in [0, 0.1) is 11.8 Å². The van der Waals surface area contributed by atoms with Gasteiger partial charge in [0.1, 0.15) is 0 Å². The Balaban J connectivity index is 1.50. The standard InChI is InChI=1S/C21H24N2O3Se/c1-12-13-9-10-21(2,27-14-7-5-4-6-8-14)15(11-13)23-17(12)16-18(26-23)20(25)22(3)19(16)24/h4-8,13,15-18H,1,9-11H2,2-3H3/t13-,15-,16+,17+,18-,21+/m0/s1. The summed E-state index contributed by atoms with van der Waals surface area (Å²) in [5, 5.41) is 2.01. The monoisotopic (exact) mass is 432 g/mol. The van der Waals surface area contributed by atoms with Gasteiger partial charge in [0, 0.05) is 0 Å². The van der Waals surface area contributed by atoms with Crippen LogP contribution in [-0.2, 0) is 14.4 Å². The van der Waals surface area contributed by atoms with E-state index in [1.165, 1.54) is 9.36 Å². The summed E-state index contributed by atoms with van der Waals surface area (Å²) in [7, 11) is 1.56. The number of likely N-dealkylation sites (tertiary alicyclic amines) is 1. The van der Waals surface area contributed by atoms with E-state index in [1.54, 1.807) is 7.05 Å². The number of imide groups is 1. The summed E-state index contributed by atoms with van der Waals surface area (Å²) in [6, 6.07) is 10.7. The van der Waals surface area contributed by atoms with Gasteiger partial charge in [-0.15, -0.1) is 0 Å². The quantitative estimate of drug-likeness (QED) is 0.405. The number of amides is 2. The first kappa shape index (κ1) is 17.6. The van der Waals surface area contributed by atoms with Crippen molar-refractivity contribution < 1.29 is 14.4 Å². The van der Waals surface area contributed by atoms with Crippen molar-refractivity contribution in [1.29, 1.82) is 0 Å². The number of likely N-dealkylation sites (N-methyl/N-ethyl adjacent to an activating group) is 1. The summed E-state index contributed by atoms with van der Waals surface area (Å²) in [4.78, 5) is 32.7. The van der Waals surface area contributed by atoms with Gasteiger partial charge < -0.3 is 0 Å². The Hall–Kier alpha value is -1.46. The van der Waals surface area contributed by atoms with Crippen LogP contribution in [0.4, 0.5) is 0 Å². The first-order valence-electron chi connectivity index (χ1n) is 9.60. The summed E-state index contributed by atoms with van der Waals surface area (Å²) in [5.41, 5.74) is 1.09. The van der Waals surface area contributed by atoms with Crippen molar-refractivity contribution in [1.82, 2.24) is 9.96 Å². The molecule has 1 aromatic rings. The number of hydroxylamine groups is 2. The van der Waals surface area contributed by atoms with Gasteiger partial charge in [0.15, 0.2) is 0 Å². The van der Waals surface area contributed by atoms with Gasteiger partial charge in [-0.25, -0.2) is 0 Å². The van der Waals surface area contributed by atoms with E-state index in [4.69, 9.17) is 4.84 Å². The SMILES string of the molecule is C=C1[C@H]2CC[C@@](C)([Se]c3ccccc3)[C@H](C2)N2O[C@@H]3C(=O)N(C)C(=O)[C@@H]3[C@@H]12. The summed E-state index contributed by atoms with van der Waals surface area (Å²) in [5.74, 6) is -0.329. The Morgan fingerprint density at radius 2 is 1.96 bits per heavy atom. The Morgan fingerprint density at radius 3 is 2.70 bits per heavy atom. The molecule has 1 aliphatic carbocycles. The molecule has 6 atom stereocenters. The fourth-order valence-corrected chi connectivity index (χ4v) is 8.24. The topological polar surface area (TPSA) is 49.9 Å². The third kappa shape index (κ3) is 2.44. The van der Waals surface area contributed by atoms with Crippen LogP contribution in [0.5, 0.6) is 0 Å². The number of hydrogen-bond donors (Lipinski definition) is 0.